The van der Waals surface area contributed by atoms with E-state index >= 15 is 0 Å². The molecule has 54 heavy (non-hydrogen) atoms. The summed E-state index contributed by atoms with van der Waals surface area (Å²) in [5.41, 5.74) is -19.1. The Morgan fingerprint density at radius 1 is 0.389 bits per heavy atom. The molecular weight excluding hydrogens is 836 g/mol. The molecule has 0 aromatic heterocycles. The van der Waals surface area contributed by atoms with Gasteiger partial charge in [0.2, 0.25) is 0 Å². The molecule has 0 saturated heterocycles. The molecule has 0 heterocycles. The predicted molar refractivity (Wildman–Crippen MR) is 168 cm³/mol. The Morgan fingerprint density at radius 3 is 0.796 bits per heavy atom. The molecular formula is C32H18BCl2F18Si-. The Kier molecular flexibility index (Phi) is 11.1. The molecule has 4 rings (SSSR count). The molecule has 0 aliphatic carbocycles. The van der Waals surface area contributed by atoms with Gasteiger partial charge in [-0.2, -0.15) is 101 Å². The van der Waals surface area contributed by atoms with Crippen LogP contribution in [0.5, 0.6) is 0 Å². The minimum absolute atomic E-state index is 0.0122. The van der Waals surface area contributed by atoms with Gasteiger partial charge in [-0.05, 0) is 29.4 Å². The van der Waals surface area contributed by atoms with Crippen LogP contribution in [0.15, 0.2) is 78.9 Å². The second kappa shape index (κ2) is 13.9. The lowest BCUT2D eigenvalue weighted by Gasteiger charge is -2.46. The summed E-state index contributed by atoms with van der Waals surface area (Å²) in [5.74, 6) is 0. The van der Waals surface area contributed by atoms with Gasteiger partial charge < -0.3 is 0 Å². The molecule has 22 heteroatoms. The Morgan fingerprint density at radius 2 is 0.611 bits per heavy atom. The maximum atomic E-state index is 14.3. The molecule has 0 atom stereocenters. The van der Waals surface area contributed by atoms with Gasteiger partial charge in [-0.25, -0.2) is 0 Å². The van der Waals surface area contributed by atoms with Crippen molar-refractivity contribution in [2.75, 3.05) is 0 Å². The Labute approximate surface area is 303 Å². The van der Waals surface area contributed by atoms with Gasteiger partial charge >= 0.3 is 37.1 Å². The Hall–Kier alpha value is -3.52. The third-order valence-electron chi connectivity index (χ3n) is 8.61. The van der Waals surface area contributed by atoms with Crippen molar-refractivity contribution in [2.24, 2.45) is 0 Å². The molecule has 0 aliphatic heterocycles. The maximum Gasteiger partial charge on any atom is 0.416 e. The highest BCUT2D eigenvalue weighted by Gasteiger charge is 2.45. The molecule has 0 N–H and O–H groups in total. The van der Waals surface area contributed by atoms with Crippen LogP contribution in [0.1, 0.15) is 40.3 Å². The van der Waals surface area contributed by atoms with Gasteiger partial charge in [-0.1, -0.05) is 67.6 Å². The van der Waals surface area contributed by atoms with Crippen molar-refractivity contribution in [3.8, 4) is 0 Å². The van der Waals surface area contributed by atoms with Crippen molar-refractivity contribution in [2.45, 2.75) is 50.0 Å². The van der Waals surface area contributed by atoms with Gasteiger partial charge in [-0.15, -0.1) is 22.2 Å². The number of halogens is 20. The monoisotopic (exact) mass is 853 g/mol. The van der Waals surface area contributed by atoms with Crippen LogP contribution < -0.4 is 27.0 Å². The van der Waals surface area contributed by atoms with Crippen LogP contribution in [-0.4, -0.2) is 12.8 Å². The van der Waals surface area contributed by atoms with Crippen LogP contribution in [0.25, 0.3) is 0 Å². The molecule has 0 spiro atoms. The van der Waals surface area contributed by atoms with Crippen molar-refractivity contribution in [3.05, 3.63) is 112 Å². The highest BCUT2D eigenvalue weighted by atomic mass is 35.7. The van der Waals surface area contributed by atoms with Gasteiger partial charge in [0, 0.05) is 0 Å². The first-order valence-electron chi connectivity index (χ1n) is 14.8. The topological polar surface area (TPSA) is 0 Å². The normalized spacial score (nSPS) is 14.1. The summed E-state index contributed by atoms with van der Waals surface area (Å²) in [6.07, 6.45) is -39.4. The molecule has 0 saturated carbocycles. The fraction of sp³-hybridized carbons (Fsp3) is 0.250. The van der Waals surface area contributed by atoms with Gasteiger partial charge in [0.1, 0.15) is 6.15 Å². The van der Waals surface area contributed by atoms with E-state index in [1.807, 2.05) is 0 Å². The highest BCUT2D eigenvalue weighted by Crippen LogP contribution is 2.39. The molecule has 0 bridgehead atoms. The molecule has 4 aromatic rings. The second-order valence-electron chi connectivity index (χ2n) is 12.1. The smallest absolute Gasteiger partial charge is 0.195 e. The lowest BCUT2D eigenvalue weighted by Crippen LogP contribution is -2.75. The van der Waals surface area contributed by atoms with Gasteiger partial charge in [0.15, 0.2) is 0 Å². The first-order chi connectivity index (χ1) is 24.2. The van der Waals surface area contributed by atoms with E-state index in [9.17, 15) is 79.0 Å². The largest absolute Gasteiger partial charge is 0.416 e. The number of benzene rings is 4. The molecule has 0 nitrogen and oxygen atoms in total. The van der Waals surface area contributed by atoms with Crippen LogP contribution in [-0.2, 0) is 37.1 Å². The molecule has 4 aromatic carbocycles. The first-order valence-corrected chi connectivity index (χ1v) is 19.0. The van der Waals surface area contributed by atoms with E-state index in [0.29, 0.717) is 12.1 Å². The van der Waals surface area contributed by atoms with Crippen molar-refractivity contribution >= 4 is 62.0 Å². The lowest BCUT2D eigenvalue weighted by atomic mass is 9.12. The van der Waals surface area contributed by atoms with Crippen molar-refractivity contribution in [3.63, 3.8) is 0 Å². The first kappa shape index (κ1) is 43.2. The summed E-state index contributed by atoms with van der Waals surface area (Å²) >= 11 is 12.7. The predicted octanol–water partition coefficient (Wildman–Crippen LogP) is 10.3. The Balaban J connectivity index is 2.49. The maximum absolute atomic E-state index is 14.3. The molecule has 0 radical (unpaired) electrons. The Bertz CT molecular complexity index is 1730. The molecule has 0 unspecified atom stereocenters. The number of hydrogen-bond donors (Lipinski definition) is 0. The number of rotatable bonds is 6. The van der Waals surface area contributed by atoms with E-state index in [1.165, 1.54) is 6.92 Å². The minimum Gasteiger partial charge on any atom is -0.195 e. The minimum atomic E-state index is -5.78. The van der Waals surface area contributed by atoms with Crippen LogP contribution in [0.2, 0.25) is 6.04 Å². The molecule has 0 amide bonds. The van der Waals surface area contributed by atoms with Crippen LogP contribution in [0.3, 0.4) is 0 Å². The summed E-state index contributed by atoms with van der Waals surface area (Å²) in [6.45, 7) is -2.05. The standard InChI is InChI=1S/C32H18BCl2F18Si/c1-2-54(34,35)26-5-3-22(4-6-26)33(23-10-16(27(36,37)38)7-17(11-23)28(39,40)41,24-12-18(29(42,43)44)8-19(13-24)30(45,46)47)25-14-20(31(48,49)50)9-21(15-25)32(51,52)53/h3-15H,2H2,1H3/q-1. The third kappa shape index (κ3) is 8.79. The average Bonchev–Trinajstić information content (AvgIpc) is 3.02. The van der Waals surface area contributed by atoms with Crippen LogP contribution in [0.4, 0.5) is 79.0 Å². The van der Waals surface area contributed by atoms with E-state index in [0.717, 1.165) is 12.1 Å². The SMILES string of the molecule is CC[Si](Cl)(Cl)c1ccc([B-](c2cc(C(F)(F)F)cc(C(F)(F)F)c2)(c2cc(C(F)(F)F)cc(C(F)(F)F)c2)c2cc(C(F)(F)F)cc(C(F)(F)F)c2)cc1. The quantitative estimate of drug-likeness (QED) is 0.103. The van der Waals surface area contributed by atoms with Crippen molar-refractivity contribution in [1.29, 1.82) is 0 Å². The third-order valence-corrected chi connectivity index (χ3v) is 13.6. The van der Waals surface area contributed by atoms with Crippen LogP contribution in [0, 0.1) is 0 Å². The van der Waals surface area contributed by atoms with E-state index in [4.69, 9.17) is 22.2 Å². The second-order valence-corrected chi connectivity index (χ2v) is 19.2. The van der Waals surface area contributed by atoms with E-state index < -0.39 is 123 Å². The lowest BCUT2D eigenvalue weighted by molar-refractivity contribution is -0.144. The molecule has 0 fully saturated rings. The zero-order valence-corrected chi connectivity index (χ0v) is 28.9. The number of alkyl halides is 18. The number of hydrogen-bond acceptors (Lipinski definition) is 0. The van der Waals surface area contributed by atoms with Crippen molar-refractivity contribution < 1.29 is 79.0 Å². The van der Waals surface area contributed by atoms with E-state index in [-0.39, 0.29) is 47.6 Å². The summed E-state index contributed by atoms with van der Waals surface area (Å²) in [6, 6.07) is 0.525. The van der Waals surface area contributed by atoms with Gasteiger partial charge in [0.25, 0.3) is 6.69 Å². The molecule has 0 aliphatic rings. The van der Waals surface area contributed by atoms with E-state index in [1.54, 1.807) is 0 Å². The van der Waals surface area contributed by atoms with E-state index in [2.05, 4.69) is 0 Å². The molecule has 294 valence electrons. The van der Waals surface area contributed by atoms with Crippen LogP contribution >= 0.6 is 22.2 Å². The van der Waals surface area contributed by atoms with Gasteiger partial charge in [0.05, 0.1) is 33.4 Å². The van der Waals surface area contributed by atoms with Gasteiger partial charge in [-0.3, -0.25) is 0 Å². The summed E-state index contributed by atoms with van der Waals surface area (Å²) in [5, 5.41) is -0.0122. The summed E-state index contributed by atoms with van der Waals surface area (Å²) in [4.78, 5) is 0. The zero-order chi connectivity index (χ0) is 41.3. The highest BCUT2D eigenvalue weighted by molar-refractivity contribution is 7.51. The summed E-state index contributed by atoms with van der Waals surface area (Å²) in [7, 11) is 0. The summed E-state index contributed by atoms with van der Waals surface area (Å²) < 4.78 is 257. The van der Waals surface area contributed by atoms with Crippen molar-refractivity contribution in [1.82, 2.24) is 0 Å². The fourth-order valence-corrected chi connectivity index (χ4v) is 7.88. The fourth-order valence-electron chi connectivity index (χ4n) is 6.06. The average molecular weight is 854 g/mol. The zero-order valence-electron chi connectivity index (χ0n) is 26.3.